The Morgan fingerprint density at radius 1 is 1.12 bits per heavy atom. The fraction of sp³-hybridized carbons (Fsp3) is 0.381. The standard InChI is InChI=1S/C21H26N2O2/c1-23(2)20(16-9-11-19(25-3)12-10-16)14-22-21(24)18-8-7-15-5-4-6-17(15)13-18/h7-13,20H,4-6,14H2,1-3H3,(H,22,24)/t20-/m0/s1. The Balaban J connectivity index is 1.67. The first-order chi connectivity index (χ1) is 12.1. The maximum Gasteiger partial charge on any atom is 0.251 e. The second kappa shape index (κ2) is 7.70. The molecule has 25 heavy (non-hydrogen) atoms. The number of carbonyl (C=O) groups is 1. The zero-order valence-electron chi connectivity index (χ0n) is 15.2. The van der Waals surface area contributed by atoms with Gasteiger partial charge in [0.05, 0.1) is 13.2 Å². The third-order valence-electron chi connectivity index (χ3n) is 4.94. The summed E-state index contributed by atoms with van der Waals surface area (Å²) in [5.74, 6) is 0.832. The second-order valence-electron chi connectivity index (χ2n) is 6.80. The Morgan fingerprint density at radius 2 is 1.84 bits per heavy atom. The predicted molar refractivity (Wildman–Crippen MR) is 100 cm³/mol. The molecule has 4 heteroatoms. The largest absolute Gasteiger partial charge is 0.497 e. The number of nitrogens with zero attached hydrogens (tertiary/aromatic N) is 1. The maximum atomic E-state index is 12.6. The molecular weight excluding hydrogens is 312 g/mol. The zero-order valence-corrected chi connectivity index (χ0v) is 15.2. The summed E-state index contributed by atoms with van der Waals surface area (Å²) in [6, 6.07) is 14.2. The lowest BCUT2D eigenvalue weighted by atomic mass is 10.0. The molecule has 1 amide bonds. The van der Waals surface area contributed by atoms with Crippen molar-refractivity contribution >= 4 is 5.91 Å². The molecule has 0 spiro atoms. The summed E-state index contributed by atoms with van der Waals surface area (Å²) in [6.07, 6.45) is 3.42. The zero-order chi connectivity index (χ0) is 17.8. The third-order valence-corrected chi connectivity index (χ3v) is 4.94. The maximum absolute atomic E-state index is 12.6. The molecule has 3 rings (SSSR count). The molecule has 0 aromatic heterocycles. The highest BCUT2D eigenvalue weighted by molar-refractivity contribution is 5.94. The van der Waals surface area contributed by atoms with Gasteiger partial charge in [0.25, 0.3) is 5.91 Å². The van der Waals surface area contributed by atoms with E-state index in [0.29, 0.717) is 6.54 Å². The number of hydrogen-bond donors (Lipinski definition) is 1. The molecule has 1 N–H and O–H groups in total. The smallest absolute Gasteiger partial charge is 0.251 e. The normalized spacial score (nSPS) is 14.2. The van der Waals surface area contributed by atoms with Crippen LogP contribution in [0.5, 0.6) is 5.75 Å². The minimum Gasteiger partial charge on any atom is -0.497 e. The van der Waals surface area contributed by atoms with Crippen LogP contribution in [0.4, 0.5) is 0 Å². The Bertz CT molecular complexity index is 738. The molecule has 0 fully saturated rings. The lowest BCUT2D eigenvalue weighted by Crippen LogP contribution is -2.34. The van der Waals surface area contributed by atoms with Crippen molar-refractivity contribution in [1.82, 2.24) is 10.2 Å². The summed E-state index contributed by atoms with van der Waals surface area (Å²) in [7, 11) is 5.71. The summed E-state index contributed by atoms with van der Waals surface area (Å²) in [4.78, 5) is 14.7. The highest BCUT2D eigenvalue weighted by Gasteiger charge is 2.17. The van der Waals surface area contributed by atoms with E-state index >= 15 is 0 Å². The molecule has 0 saturated carbocycles. The van der Waals surface area contributed by atoms with Gasteiger partial charge in [-0.3, -0.25) is 4.79 Å². The number of likely N-dealkylation sites (N-methyl/N-ethyl adjacent to an activating group) is 1. The monoisotopic (exact) mass is 338 g/mol. The van der Waals surface area contributed by atoms with E-state index in [1.807, 2.05) is 44.4 Å². The van der Waals surface area contributed by atoms with E-state index in [1.165, 1.54) is 17.5 Å². The van der Waals surface area contributed by atoms with Crippen LogP contribution in [-0.2, 0) is 12.8 Å². The minimum absolute atomic E-state index is 0.00457. The Hall–Kier alpha value is -2.33. The van der Waals surface area contributed by atoms with Crippen LogP contribution in [0.3, 0.4) is 0 Å². The molecular formula is C21H26N2O2. The van der Waals surface area contributed by atoms with Crippen molar-refractivity contribution in [3.63, 3.8) is 0 Å². The minimum atomic E-state index is -0.00457. The summed E-state index contributed by atoms with van der Waals surface area (Å²) < 4.78 is 5.22. The summed E-state index contributed by atoms with van der Waals surface area (Å²) >= 11 is 0. The van der Waals surface area contributed by atoms with Crippen LogP contribution in [0.1, 0.15) is 39.5 Å². The van der Waals surface area contributed by atoms with Crippen molar-refractivity contribution in [2.45, 2.75) is 25.3 Å². The third kappa shape index (κ3) is 4.02. The number of ether oxygens (including phenoxy) is 1. The molecule has 0 unspecified atom stereocenters. The molecule has 1 atom stereocenters. The van der Waals surface area contributed by atoms with Crippen molar-refractivity contribution in [2.24, 2.45) is 0 Å². The number of methoxy groups -OCH3 is 1. The number of nitrogens with one attached hydrogen (secondary N) is 1. The molecule has 132 valence electrons. The van der Waals surface area contributed by atoms with Crippen molar-refractivity contribution < 1.29 is 9.53 Å². The van der Waals surface area contributed by atoms with Gasteiger partial charge >= 0.3 is 0 Å². The Labute approximate surface area is 149 Å². The summed E-state index contributed by atoms with van der Waals surface area (Å²) in [6.45, 7) is 0.565. The highest BCUT2D eigenvalue weighted by Crippen LogP contribution is 2.23. The van der Waals surface area contributed by atoms with E-state index in [2.05, 4.69) is 22.3 Å². The fourth-order valence-electron chi connectivity index (χ4n) is 3.43. The number of rotatable bonds is 6. The van der Waals surface area contributed by atoms with Gasteiger partial charge < -0.3 is 15.0 Å². The number of hydrogen-bond acceptors (Lipinski definition) is 3. The average molecular weight is 338 g/mol. The number of carbonyl (C=O) groups excluding carboxylic acids is 1. The topological polar surface area (TPSA) is 41.6 Å². The number of amides is 1. The average Bonchev–Trinajstić information content (AvgIpc) is 3.09. The van der Waals surface area contributed by atoms with Crippen molar-refractivity contribution in [3.05, 3.63) is 64.7 Å². The van der Waals surface area contributed by atoms with Crippen molar-refractivity contribution in [2.75, 3.05) is 27.7 Å². The van der Waals surface area contributed by atoms with E-state index in [-0.39, 0.29) is 11.9 Å². The first-order valence-corrected chi connectivity index (χ1v) is 8.79. The van der Waals surface area contributed by atoms with Gasteiger partial charge in [-0.1, -0.05) is 18.2 Å². The van der Waals surface area contributed by atoms with Gasteiger partial charge in [-0.05, 0) is 74.3 Å². The SMILES string of the molecule is COc1ccc([C@H](CNC(=O)c2ccc3c(c2)CCC3)N(C)C)cc1. The van der Waals surface area contributed by atoms with Gasteiger partial charge in [0.1, 0.15) is 5.75 Å². The highest BCUT2D eigenvalue weighted by atomic mass is 16.5. The van der Waals surface area contributed by atoms with E-state index in [9.17, 15) is 4.79 Å². The Kier molecular flexibility index (Phi) is 5.39. The molecule has 0 heterocycles. The van der Waals surface area contributed by atoms with Gasteiger partial charge in [0.15, 0.2) is 0 Å². The van der Waals surface area contributed by atoms with Crippen LogP contribution in [0.15, 0.2) is 42.5 Å². The lowest BCUT2D eigenvalue weighted by molar-refractivity contribution is 0.0942. The first-order valence-electron chi connectivity index (χ1n) is 8.79. The van der Waals surface area contributed by atoms with Gasteiger partial charge in [-0.2, -0.15) is 0 Å². The Morgan fingerprint density at radius 3 is 2.52 bits per heavy atom. The molecule has 0 saturated heterocycles. The molecule has 1 aliphatic carbocycles. The molecule has 0 radical (unpaired) electrons. The molecule has 1 aliphatic rings. The van der Waals surface area contributed by atoms with Crippen LogP contribution in [0.25, 0.3) is 0 Å². The van der Waals surface area contributed by atoms with Crippen LogP contribution < -0.4 is 10.1 Å². The van der Waals surface area contributed by atoms with Crippen LogP contribution >= 0.6 is 0 Å². The van der Waals surface area contributed by atoms with Crippen molar-refractivity contribution in [1.29, 1.82) is 0 Å². The van der Waals surface area contributed by atoms with Gasteiger partial charge in [-0.15, -0.1) is 0 Å². The number of benzene rings is 2. The van der Waals surface area contributed by atoms with Gasteiger partial charge in [0.2, 0.25) is 0 Å². The van der Waals surface area contributed by atoms with Crippen LogP contribution in [0, 0.1) is 0 Å². The molecule has 0 aliphatic heterocycles. The summed E-state index contributed by atoms with van der Waals surface area (Å²) in [5.41, 5.74) is 4.63. The van der Waals surface area contributed by atoms with Crippen molar-refractivity contribution in [3.8, 4) is 5.75 Å². The molecule has 2 aromatic carbocycles. The second-order valence-corrected chi connectivity index (χ2v) is 6.80. The number of fused-ring (bicyclic) bond motifs is 1. The predicted octanol–water partition coefficient (Wildman–Crippen LogP) is 3.22. The van der Waals surface area contributed by atoms with Gasteiger partial charge in [-0.25, -0.2) is 0 Å². The fourth-order valence-corrected chi connectivity index (χ4v) is 3.43. The van der Waals surface area contributed by atoms with Crippen LogP contribution in [0.2, 0.25) is 0 Å². The van der Waals surface area contributed by atoms with E-state index in [4.69, 9.17) is 4.74 Å². The van der Waals surface area contributed by atoms with Crippen LogP contribution in [-0.4, -0.2) is 38.6 Å². The summed E-state index contributed by atoms with van der Waals surface area (Å²) in [5, 5.41) is 3.09. The van der Waals surface area contributed by atoms with E-state index in [0.717, 1.165) is 29.7 Å². The van der Waals surface area contributed by atoms with Gasteiger partial charge in [0, 0.05) is 12.1 Å². The van der Waals surface area contributed by atoms with E-state index in [1.54, 1.807) is 7.11 Å². The molecule has 4 nitrogen and oxygen atoms in total. The number of aryl methyl sites for hydroxylation is 2. The molecule has 0 bridgehead atoms. The lowest BCUT2D eigenvalue weighted by Gasteiger charge is -2.25. The quantitative estimate of drug-likeness (QED) is 0.879. The first kappa shape index (κ1) is 17.5. The molecule has 2 aromatic rings. The van der Waals surface area contributed by atoms with E-state index < -0.39 is 0 Å².